The lowest BCUT2D eigenvalue weighted by Gasteiger charge is -2.20. The van der Waals surface area contributed by atoms with Gasteiger partial charge in [-0.25, -0.2) is 0 Å². The largest absolute Gasteiger partial charge is 0.460 e. The van der Waals surface area contributed by atoms with E-state index < -0.39 is 0 Å². The van der Waals surface area contributed by atoms with E-state index in [9.17, 15) is 0 Å². The molecule has 1 saturated heterocycles. The van der Waals surface area contributed by atoms with E-state index in [1.807, 2.05) is 12.1 Å². The summed E-state index contributed by atoms with van der Waals surface area (Å²) in [5, 5.41) is 1.20. The summed E-state index contributed by atoms with van der Waals surface area (Å²) >= 11 is 0. The molecule has 0 saturated carbocycles. The summed E-state index contributed by atoms with van der Waals surface area (Å²) in [5.41, 5.74) is 0.994. The number of fused-ring (bicyclic) bond motifs is 1. The third-order valence-corrected chi connectivity index (χ3v) is 4.29. The van der Waals surface area contributed by atoms with E-state index in [0.717, 1.165) is 30.4 Å². The van der Waals surface area contributed by atoms with Crippen LogP contribution in [0.1, 0.15) is 19.1 Å². The number of hydrogen-bond acceptors (Lipinski definition) is 3. The van der Waals surface area contributed by atoms with Crippen LogP contribution in [0.2, 0.25) is 0 Å². The molecule has 0 bridgehead atoms. The second-order valence-corrected chi connectivity index (χ2v) is 6.00. The van der Waals surface area contributed by atoms with Crippen LogP contribution >= 0.6 is 0 Å². The van der Waals surface area contributed by atoms with Crippen LogP contribution < -0.4 is 0 Å². The number of nitrogens with zero attached hydrogens (tertiary/aromatic N) is 2. The Morgan fingerprint density at radius 3 is 2.95 bits per heavy atom. The van der Waals surface area contributed by atoms with Gasteiger partial charge in [0.1, 0.15) is 11.3 Å². The first-order valence-electron chi connectivity index (χ1n) is 7.63. The van der Waals surface area contributed by atoms with Gasteiger partial charge in [0.2, 0.25) is 0 Å². The molecule has 0 aliphatic carbocycles. The van der Waals surface area contributed by atoms with Gasteiger partial charge in [-0.15, -0.1) is 0 Å². The first-order chi connectivity index (χ1) is 9.74. The van der Waals surface area contributed by atoms with E-state index in [0.29, 0.717) is 0 Å². The van der Waals surface area contributed by atoms with E-state index >= 15 is 0 Å². The van der Waals surface area contributed by atoms with Crippen molar-refractivity contribution in [1.29, 1.82) is 0 Å². The van der Waals surface area contributed by atoms with Crippen LogP contribution in [0, 0.1) is 5.92 Å². The number of benzene rings is 1. The highest BCUT2D eigenvalue weighted by molar-refractivity contribution is 5.77. The van der Waals surface area contributed by atoms with Gasteiger partial charge in [0.05, 0.1) is 6.54 Å². The molecule has 0 radical (unpaired) electrons. The minimum absolute atomic E-state index is 0.810. The highest BCUT2D eigenvalue weighted by Gasteiger charge is 2.22. The molecule has 3 rings (SSSR count). The molecule has 1 atom stereocenters. The molecule has 1 unspecified atom stereocenters. The van der Waals surface area contributed by atoms with Gasteiger partial charge in [0, 0.05) is 18.5 Å². The second kappa shape index (κ2) is 5.98. The van der Waals surface area contributed by atoms with Crippen molar-refractivity contribution in [2.75, 3.05) is 33.2 Å². The van der Waals surface area contributed by atoms with Crippen LogP contribution in [0.3, 0.4) is 0 Å². The van der Waals surface area contributed by atoms with E-state index in [1.165, 1.54) is 31.4 Å². The van der Waals surface area contributed by atoms with Crippen LogP contribution in [-0.4, -0.2) is 43.0 Å². The third-order valence-electron chi connectivity index (χ3n) is 4.29. The first kappa shape index (κ1) is 13.7. The van der Waals surface area contributed by atoms with E-state index in [2.05, 4.69) is 42.0 Å². The average Bonchev–Trinajstić information content (AvgIpc) is 3.04. The molecule has 20 heavy (non-hydrogen) atoms. The van der Waals surface area contributed by atoms with Crippen LogP contribution in [-0.2, 0) is 6.54 Å². The van der Waals surface area contributed by atoms with Gasteiger partial charge in [-0.3, -0.25) is 4.90 Å². The number of likely N-dealkylation sites (tertiary alicyclic amines) is 1. The number of para-hydroxylation sites is 1. The Labute approximate surface area is 121 Å². The van der Waals surface area contributed by atoms with Crippen molar-refractivity contribution in [3.05, 3.63) is 36.1 Å². The quantitative estimate of drug-likeness (QED) is 0.833. The monoisotopic (exact) mass is 272 g/mol. The van der Waals surface area contributed by atoms with Gasteiger partial charge in [0.25, 0.3) is 0 Å². The summed E-state index contributed by atoms with van der Waals surface area (Å²) in [7, 11) is 2.20. The fourth-order valence-electron chi connectivity index (χ4n) is 3.24. The summed E-state index contributed by atoms with van der Waals surface area (Å²) in [6.45, 7) is 8.01. The van der Waals surface area contributed by atoms with Gasteiger partial charge in [-0.2, -0.15) is 0 Å². The van der Waals surface area contributed by atoms with Gasteiger partial charge >= 0.3 is 0 Å². The van der Waals surface area contributed by atoms with Crippen molar-refractivity contribution >= 4 is 11.0 Å². The Bertz CT molecular complexity index is 530. The highest BCUT2D eigenvalue weighted by atomic mass is 16.3. The van der Waals surface area contributed by atoms with E-state index in [4.69, 9.17) is 4.42 Å². The third kappa shape index (κ3) is 3.05. The molecular formula is C17H24N2O. The highest BCUT2D eigenvalue weighted by Crippen LogP contribution is 2.21. The Morgan fingerprint density at radius 1 is 1.35 bits per heavy atom. The zero-order valence-corrected chi connectivity index (χ0v) is 12.5. The molecule has 2 heterocycles. The molecule has 3 heteroatoms. The zero-order chi connectivity index (χ0) is 13.9. The minimum Gasteiger partial charge on any atom is -0.460 e. The maximum atomic E-state index is 5.89. The maximum Gasteiger partial charge on any atom is 0.134 e. The molecule has 0 N–H and O–H groups in total. The molecule has 0 spiro atoms. The fourth-order valence-corrected chi connectivity index (χ4v) is 3.24. The molecule has 1 aliphatic rings. The standard InChI is InChI=1S/C17H24N2O/c1-3-19-9-8-14(12-19)11-18(2)13-16-10-15-6-4-5-7-17(15)20-16/h4-7,10,14H,3,8-9,11-13H2,1-2H3. The Morgan fingerprint density at radius 2 is 2.20 bits per heavy atom. The molecule has 2 aromatic rings. The molecule has 1 aliphatic heterocycles. The van der Waals surface area contributed by atoms with E-state index in [-0.39, 0.29) is 0 Å². The Hall–Kier alpha value is -1.32. The topological polar surface area (TPSA) is 19.6 Å². The maximum absolute atomic E-state index is 5.89. The normalized spacial score (nSPS) is 20.2. The number of hydrogen-bond donors (Lipinski definition) is 0. The zero-order valence-electron chi connectivity index (χ0n) is 12.5. The van der Waals surface area contributed by atoms with Crippen molar-refractivity contribution in [1.82, 2.24) is 9.80 Å². The van der Waals surface area contributed by atoms with Gasteiger partial charge < -0.3 is 9.32 Å². The summed E-state index contributed by atoms with van der Waals surface area (Å²) in [4.78, 5) is 4.93. The summed E-state index contributed by atoms with van der Waals surface area (Å²) in [6, 6.07) is 10.4. The smallest absolute Gasteiger partial charge is 0.134 e. The van der Waals surface area contributed by atoms with Crippen LogP contribution in [0.15, 0.2) is 34.7 Å². The molecule has 1 aromatic carbocycles. The molecular weight excluding hydrogens is 248 g/mol. The van der Waals surface area contributed by atoms with E-state index in [1.54, 1.807) is 0 Å². The molecule has 108 valence electrons. The van der Waals surface area contributed by atoms with Crippen molar-refractivity contribution in [2.45, 2.75) is 19.9 Å². The number of furan rings is 1. The van der Waals surface area contributed by atoms with Gasteiger partial charge in [-0.1, -0.05) is 25.1 Å². The predicted octanol–water partition coefficient (Wildman–Crippen LogP) is 3.21. The van der Waals surface area contributed by atoms with Crippen LogP contribution in [0.5, 0.6) is 0 Å². The van der Waals surface area contributed by atoms with Crippen LogP contribution in [0.4, 0.5) is 0 Å². The van der Waals surface area contributed by atoms with Gasteiger partial charge in [0.15, 0.2) is 0 Å². The van der Waals surface area contributed by atoms with Crippen molar-refractivity contribution in [3.8, 4) is 0 Å². The average molecular weight is 272 g/mol. The van der Waals surface area contributed by atoms with Crippen molar-refractivity contribution in [2.24, 2.45) is 5.92 Å². The lowest BCUT2D eigenvalue weighted by atomic mass is 10.1. The fraction of sp³-hybridized carbons (Fsp3) is 0.529. The van der Waals surface area contributed by atoms with Crippen molar-refractivity contribution < 1.29 is 4.42 Å². The minimum atomic E-state index is 0.810. The predicted molar refractivity (Wildman–Crippen MR) is 82.8 cm³/mol. The second-order valence-electron chi connectivity index (χ2n) is 6.00. The molecule has 1 fully saturated rings. The van der Waals surface area contributed by atoms with Crippen molar-refractivity contribution in [3.63, 3.8) is 0 Å². The lowest BCUT2D eigenvalue weighted by molar-refractivity contribution is 0.246. The molecule has 1 aromatic heterocycles. The summed E-state index contributed by atoms with van der Waals surface area (Å²) < 4.78 is 5.89. The molecule has 0 amide bonds. The molecule has 3 nitrogen and oxygen atoms in total. The Kier molecular flexibility index (Phi) is 4.08. The summed E-state index contributed by atoms with van der Waals surface area (Å²) in [5.74, 6) is 1.88. The lowest BCUT2D eigenvalue weighted by Crippen LogP contribution is -2.27. The number of rotatable bonds is 5. The summed E-state index contributed by atoms with van der Waals surface area (Å²) in [6.07, 6.45) is 1.33. The van der Waals surface area contributed by atoms with Gasteiger partial charge in [-0.05, 0) is 44.6 Å². The SMILES string of the molecule is CCN1CCC(CN(C)Cc2cc3ccccc3o2)C1. The Balaban J connectivity index is 1.57. The van der Waals surface area contributed by atoms with Crippen LogP contribution in [0.25, 0.3) is 11.0 Å². The first-order valence-corrected chi connectivity index (χ1v) is 7.63.